The van der Waals surface area contributed by atoms with Crippen molar-refractivity contribution in [3.8, 4) is 0 Å². The average Bonchev–Trinajstić information content (AvgIpc) is 2.35. The second-order valence-corrected chi connectivity index (χ2v) is 4.47. The van der Waals surface area contributed by atoms with Gasteiger partial charge in [-0.3, -0.25) is 0 Å². The quantitative estimate of drug-likeness (QED) is 0.861. The maximum atomic E-state index is 13.1. The van der Waals surface area contributed by atoms with Crippen LogP contribution in [0.15, 0.2) is 36.4 Å². The Hall–Kier alpha value is -1.61. The van der Waals surface area contributed by atoms with Gasteiger partial charge in [0.1, 0.15) is 11.6 Å². The summed E-state index contributed by atoms with van der Waals surface area (Å²) in [5.74, 6) is -0.664. The highest BCUT2D eigenvalue weighted by atomic mass is 35.5. The molecule has 0 aliphatic rings. The minimum atomic E-state index is -0.445. The van der Waals surface area contributed by atoms with Gasteiger partial charge in [0.05, 0.1) is 5.02 Å². The van der Waals surface area contributed by atoms with E-state index in [2.05, 4.69) is 5.32 Å². The number of anilines is 1. The van der Waals surface area contributed by atoms with Gasteiger partial charge in [-0.05, 0) is 42.3 Å². The minimum Gasteiger partial charge on any atom is -0.381 e. The van der Waals surface area contributed by atoms with Crippen LogP contribution in [0.4, 0.5) is 14.5 Å². The largest absolute Gasteiger partial charge is 0.381 e. The molecule has 4 heteroatoms. The Morgan fingerprint density at radius 2 is 1.78 bits per heavy atom. The zero-order valence-corrected chi connectivity index (χ0v) is 10.6. The maximum absolute atomic E-state index is 13.1. The predicted molar refractivity (Wildman–Crippen MR) is 69.9 cm³/mol. The molecule has 0 aromatic heterocycles. The Labute approximate surface area is 109 Å². The molecule has 0 saturated heterocycles. The van der Waals surface area contributed by atoms with Gasteiger partial charge in [-0.1, -0.05) is 23.7 Å². The first-order chi connectivity index (χ1) is 8.56. The van der Waals surface area contributed by atoms with Crippen LogP contribution in [0.1, 0.15) is 11.1 Å². The van der Waals surface area contributed by atoms with E-state index in [9.17, 15) is 8.78 Å². The standard InChI is InChI=1S/C14H12ClF2N/c1-9-6-10(2-4-13(9)16)8-18-11-3-5-14(17)12(15)7-11/h2-7,18H,8H2,1H3. The van der Waals surface area contributed by atoms with Crippen LogP contribution in [0.3, 0.4) is 0 Å². The van der Waals surface area contributed by atoms with Crippen LogP contribution in [0.5, 0.6) is 0 Å². The lowest BCUT2D eigenvalue weighted by atomic mass is 10.1. The molecule has 18 heavy (non-hydrogen) atoms. The Morgan fingerprint density at radius 3 is 2.44 bits per heavy atom. The molecule has 0 atom stereocenters. The highest BCUT2D eigenvalue weighted by Gasteiger charge is 2.02. The molecule has 2 aromatic rings. The van der Waals surface area contributed by atoms with Crippen LogP contribution in [0, 0.1) is 18.6 Å². The molecule has 2 aromatic carbocycles. The van der Waals surface area contributed by atoms with Crippen LogP contribution in [0.2, 0.25) is 5.02 Å². The average molecular weight is 268 g/mol. The van der Waals surface area contributed by atoms with Crippen molar-refractivity contribution >= 4 is 17.3 Å². The van der Waals surface area contributed by atoms with Crippen molar-refractivity contribution in [1.82, 2.24) is 0 Å². The van der Waals surface area contributed by atoms with Crippen LogP contribution in [-0.2, 0) is 6.54 Å². The topological polar surface area (TPSA) is 12.0 Å². The van der Waals surface area contributed by atoms with Crippen LogP contribution >= 0.6 is 11.6 Å². The monoisotopic (exact) mass is 267 g/mol. The lowest BCUT2D eigenvalue weighted by molar-refractivity contribution is 0.617. The predicted octanol–water partition coefficient (Wildman–Crippen LogP) is 4.54. The summed E-state index contributed by atoms with van der Waals surface area (Å²) in [6.45, 7) is 2.25. The highest BCUT2D eigenvalue weighted by Crippen LogP contribution is 2.20. The van der Waals surface area contributed by atoms with Crippen molar-refractivity contribution in [3.05, 3.63) is 64.2 Å². The third kappa shape index (κ3) is 2.99. The molecular formula is C14H12ClF2N. The van der Waals surface area contributed by atoms with Crippen molar-refractivity contribution in [2.24, 2.45) is 0 Å². The van der Waals surface area contributed by atoms with E-state index in [4.69, 9.17) is 11.6 Å². The molecule has 1 N–H and O–H groups in total. The molecule has 0 amide bonds. The fourth-order valence-corrected chi connectivity index (χ4v) is 1.81. The second-order valence-electron chi connectivity index (χ2n) is 4.07. The van der Waals surface area contributed by atoms with E-state index in [1.165, 1.54) is 18.2 Å². The van der Waals surface area contributed by atoms with E-state index in [1.54, 1.807) is 25.1 Å². The Balaban J connectivity index is 2.06. The molecular weight excluding hydrogens is 256 g/mol. The summed E-state index contributed by atoms with van der Waals surface area (Å²) < 4.78 is 26.0. The van der Waals surface area contributed by atoms with E-state index in [-0.39, 0.29) is 10.8 Å². The summed E-state index contributed by atoms with van der Waals surface area (Å²) in [6.07, 6.45) is 0. The number of hydrogen-bond donors (Lipinski definition) is 1. The molecule has 94 valence electrons. The number of halogens is 3. The van der Waals surface area contributed by atoms with Crippen molar-refractivity contribution in [2.75, 3.05) is 5.32 Å². The summed E-state index contributed by atoms with van der Waals surface area (Å²) in [7, 11) is 0. The molecule has 0 aliphatic heterocycles. The van der Waals surface area contributed by atoms with Gasteiger partial charge >= 0.3 is 0 Å². The van der Waals surface area contributed by atoms with E-state index >= 15 is 0 Å². The van der Waals surface area contributed by atoms with E-state index in [1.807, 2.05) is 0 Å². The van der Waals surface area contributed by atoms with Gasteiger partial charge in [0, 0.05) is 12.2 Å². The van der Waals surface area contributed by atoms with Crippen molar-refractivity contribution in [1.29, 1.82) is 0 Å². The molecule has 1 nitrogen and oxygen atoms in total. The third-order valence-corrected chi connectivity index (χ3v) is 2.93. The molecule has 0 radical (unpaired) electrons. The molecule has 0 bridgehead atoms. The number of benzene rings is 2. The maximum Gasteiger partial charge on any atom is 0.141 e. The fraction of sp³-hybridized carbons (Fsp3) is 0.143. The molecule has 0 spiro atoms. The number of rotatable bonds is 3. The van der Waals surface area contributed by atoms with Crippen molar-refractivity contribution in [2.45, 2.75) is 13.5 Å². The summed E-state index contributed by atoms with van der Waals surface area (Å²) >= 11 is 5.68. The molecule has 0 saturated carbocycles. The fourth-order valence-electron chi connectivity index (χ4n) is 1.63. The minimum absolute atomic E-state index is 0.0790. The Morgan fingerprint density at radius 1 is 1.06 bits per heavy atom. The first-order valence-electron chi connectivity index (χ1n) is 5.50. The third-order valence-electron chi connectivity index (χ3n) is 2.64. The van der Waals surface area contributed by atoms with Gasteiger partial charge in [-0.15, -0.1) is 0 Å². The van der Waals surface area contributed by atoms with Gasteiger partial charge in [0.15, 0.2) is 0 Å². The molecule has 0 fully saturated rings. The van der Waals surface area contributed by atoms with Gasteiger partial charge in [0.2, 0.25) is 0 Å². The lowest BCUT2D eigenvalue weighted by Gasteiger charge is -2.08. The SMILES string of the molecule is Cc1cc(CNc2ccc(F)c(Cl)c2)ccc1F. The number of hydrogen-bond acceptors (Lipinski definition) is 1. The van der Waals surface area contributed by atoms with E-state index < -0.39 is 5.82 Å². The van der Waals surface area contributed by atoms with Crippen LogP contribution < -0.4 is 5.32 Å². The van der Waals surface area contributed by atoms with Gasteiger partial charge in [-0.25, -0.2) is 8.78 Å². The summed E-state index contributed by atoms with van der Waals surface area (Å²) in [5, 5.41) is 3.18. The van der Waals surface area contributed by atoms with Crippen LogP contribution in [-0.4, -0.2) is 0 Å². The zero-order chi connectivity index (χ0) is 13.1. The van der Waals surface area contributed by atoms with Gasteiger partial charge in [-0.2, -0.15) is 0 Å². The van der Waals surface area contributed by atoms with Gasteiger partial charge in [0.25, 0.3) is 0 Å². The first kappa shape index (κ1) is 12.8. The molecule has 0 unspecified atom stereocenters. The Bertz CT molecular complexity index is 518. The van der Waals surface area contributed by atoms with Crippen molar-refractivity contribution in [3.63, 3.8) is 0 Å². The number of nitrogens with one attached hydrogen (secondary N) is 1. The van der Waals surface area contributed by atoms with Crippen LogP contribution in [0.25, 0.3) is 0 Å². The normalized spacial score (nSPS) is 10.4. The van der Waals surface area contributed by atoms with Crippen molar-refractivity contribution < 1.29 is 8.78 Å². The zero-order valence-electron chi connectivity index (χ0n) is 9.81. The smallest absolute Gasteiger partial charge is 0.141 e. The van der Waals surface area contributed by atoms with Gasteiger partial charge < -0.3 is 5.32 Å². The summed E-state index contributed by atoms with van der Waals surface area (Å²) in [6, 6.07) is 9.35. The van der Waals surface area contributed by atoms with E-state index in [0.717, 1.165) is 11.3 Å². The van der Waals surface area contributed by atoms with E-state index in [0.29, 0.717) is 12.1 Å². The molecule has 0 heterocycles. The summed E-state index contributed by atoms with van der Waals surface area (Å²) in [4.78, 5) is 0. The molecule has 0 aliphatic carbocycles. The first-order valence-corrected chi connectivity index (χ1v) is 5.88. The second kappa shape index (κ2) is 5.36. The molecule has 2 rings (SSSR count). The Kier molecular flexibility index (Phi) is 3.82. The highest BCUT2D eigenvalue weighted by molar-refractivity contribution is 6.31. The summed E-state index contributed by atoms with van der Waals surface area (Å²) in [5.41, 5.74) is 2.28. The number of aryl methyl sites for hydroxylation is 1. The lowest BCUT2D eigenvalue weighted by Crippen LogP contribution is -2.00.